The van der Waals surface area contributed by atoms with Gasteiger partial charge in [-0.15, -0.1) is 0 Å². The molecule has 8 heteroatoms. The van der Waals surface area contributed by atoms with E-state index in [-0.39, 0.29) is 5.82 Å². The molecule has 0 N–H and O–H groups in total. The van der Waals surface area contributed by atoms with Crippen molar-refractivity contribution >= 4 is 32.8 Å². The number of imidazole rings is 1. The van der Waals surface area contributed by atoms with Crippen molar-refractivity contribution in [3.8, 4) is 0 Å². The first-order valence-corrected chi connectivity index (χ1v) is 13.2. The number of fused-ring (bicyclic) bond motifs is 1. The summed E-state index contributed by atoms with van der Waals surface area (Å²) in [4.78, 5) is 5.15. The third-order valence-corrected chi connectivity index (χ3v) is 9.11. The fourth-order valence-electron chi connectivity index (χ4n) is 4.13. The molecular weight excluding hydrogens is 433 g/mol. The Morgan fingerprint density at radius 3 is 2.61 bits per heavy atom. The van der Waals surface area contributed by atoms with Crippen molar-refractivity contribution in [3.05, 3.63) is 53.3 Å². The number of rotatable bonds is 7. The smallest absolute Gasteiger partial charge is 0.243 e. The predicted octanol–water partition coefficient (Wildman–Crippen LogP) is 4.97. The van der Waals surface area contributed by atoms with Gasteiger partial charge in [-0.2, -0.15) is 4.31 Å². The molecule has 1 saturated carbocycles. The molecule has 0 radical (unpaired) electrons. The summed E-state index contributed by atoms with van der Waals surface area (Å²) in [5.74, 6) is 1.13. The van der Waals surface area contributed by atoms with Crippen LogP contribution in [0.2, 0.25) is 0 Å². The van der Waals surface area contributed by atoms with Crippen LogP contribution in [-0.4, -0.2) is 35.4 Å². The van der Waals surface area contributed by atoms with E-state index in [0.29, 0.717) is 29.7 Å². The van der Waals surface area contributed by atoms with Crippen LogP contribution in [0.1, 0.15) is 36.8 Å². The Morgan fingerprint density at radius 1 is 1.13 bits per heavy atom. The molecule has 2 aliphatic rings. The van der Waals surface area contributed by atoms with Crippen LogP contribution < -0.4 is 0 Å². The molecule has 1 saturated heterocycles. The van der Waals surface area contributed by atoms with Crippen molar-refractivity contribution in [1.82, 2.24) is 13.9 Å². The lowest BCUT2D eigenvalue weighted by atomic mass is 10.1. The van der Waals surface area contributed by atoms with Gasteiger partial charge >= 0.3 is 0 Å². The highest BCUT2D eigenvalue weighted by atomic mass is 32.2. The van der Waals surface area contributed by atoms with Gasteiger partial charge in [-0.3, -0.25) is 0 Å². The Balaban J connectivity index is 1.48. The molecule has 0 bridgehead atoms. The minimum absolute atomic E-state index is 0.223. The topological polar surface area (TPSA) is 55.2 Å². The number of halogens is 1. The van der Waals surface area contributed by atoms with Crippen LogP contribution in [0.25, 0.3) is 11.0 Å². The van der Waals surface area contributed by atoms with Crippen LogP contribution in [0, 0.1) is 18.7 Å². The summed E-state index contributed by atoms with van der Waals surface area (Å²) in [5.41, 5.74) is 3.70. The zero-order valence-electron chi connectivity index (χ0n) is 17.6. The first-order valence-electron chi connectivity index (χ1n) is 10.8. The second-order valence-electron chi connectivity index (χ2n) is 8.57. The summed E-state index contributed by atoms with van der Waals surface area (Å²) >= 11 is 1.62. The van der Waals surface area contributed by atoms with Gasteiger partial charge in [-0.25, -0.2) is 17.8 Å². The van der Waals surface area contributed by atoms with Gasteiger partial charge in [0, 0.05) is 25.4 Å². The molecule has 31 heavy (non-hydrogen) atoms. The van der Waals surface area contributed by atoms with Crippen molar-refractivity contribution < 1.29 is 12.8 Å². The lowest BCUT2D eigenvalue weighted by molar-refractivity contribution is 0.477. The number of nitrogens with zero attached hydrogens (tertiary/aromatic N) is 3. The molecule has 5 rings (SSSR count). The van der Waals surface area contributed by atoms with Crippen LogP contribution in [-0.2, 0) is 22.3 Å². The highest BCUT2D eigenvalue weighted by Gasteiger charge is 2.29. The SMILES string of the molecule is Cc1cc(F)ccc1CSc1nc2cc(S(=O)(=O)N3CCCC3)ccc2n1CC1CC1. The Bertz CT molecular complexity index is 1230. The second kappa shape index (κ2) is 8.22. The van der Waals surface area contributed by atoms with Gasteiger partial charge < -0.3 is 4.57 Å². The van der Waals surface area contributed by atoms with E-state index in [1.165, 1.54) is 18.9 Å². The summed E-state index contributed by atoms with van der Waals surface area (Å²) < 4.78 is 43.2. The monoisotopic (exact) mass is 459 g/mol. The summed E-state index contributed by atoms with van der Waals surface area (Å²) in [6.07, 6.45) is 4.28. The van der Waals surface area contributed by atoms with Gasteiger partial charge in [-0.05, 0) is 80.0 Å². The molecule has 0 spiro atoms. The molecule has 2 fully saturated rings. The average Bonchev–Trinajstić information content (AvgIpc) is 3.24. The molecule has 1 aromatic heterocycles. The second-order valence-corrected chi connectivity index (χ2v) is 11.4. The van der Waals surface area contributed by atoms with Crippen LogP contribution in [0.5, 0.6) is 0 Å². The molecular formula is C23H26FN3O2S2. The van der Waals surface area contributed by atoms with Gasteiger partial charge in [-0.1, -0.05) is 17.8 Å². The van der Waals surface area contributed by atoms with Gasteiger partial charge in [0.05, 0.1) is 15.9 Å². The first kappa shape index (κ1) is 21.0. The van der Waals surface area contributed by atoms with Crippen LogP contribution in [0.3, 0.4) is 0 Å². The maximum absolute atomic E-state index is 13.4. The van der Waals surface area contributed by atoms with E-state index in [1.54, 1.807) is 34.3 Å². The summed E-state index contributed by atoms with van der Waals surface area (Å²) in [6.45, 7) is 4.00. The molecule has 3 aromatic rings. The number of thioether (sulfide) groups is 1. The minimum atomic E-state index is -3.47. The number of benzene rings is 2. The zero-order chi connectivity index (χ0) is 21.6. The lowest BCUT2D eigenvalue weighted by Crippen LogP contribution is -2.27. The van der Waals surface area contributed by atoms with Crippen molar-refractivity contribution in [1.29, 1.82) is 0 Å². The summed E-state index contributed by atoms with van der Waals surface area (Å²) in [7, 11) is -3.47. The number of sulfonamides is 1. The Hall–Kier alpha value is -1.90. The van der Waals surface area contributed by atoms with Crippen molar-refractivity contribution in [2.45, 2.75) is 55.0 Å². The molecule has 5 nitrogen and oxygen atoms in total. The molecule has 0 atom stereocenters. The maximum Gasteiger partial charge on any atom is 0.243 e. The predicted molar refractivity (Wildman–Crippen MR) is 121 cm³/mol. The number of aryl methyl sites for hydroxylation is 1. The quantitative estimate of drug-likeness (QED) is 0.468. The molecule has 2 heterocycles. The lowest BCUT2D eigenvalue weighted by Gasteiger charge is -2.15. The largest absolute Gasteiger partial charge is 0.319 e. The van der Waals surface area contributed by atoms with Crippen molar-refractivity contribution in [3.63, 3.8) is 0 Å². The Kier molecular flexibility index (Phi) is 5.56. The molecule has 0 amide bonds. The Labute approximate surface area is 186 Å². The van der Waals surface area contributed by atoms with E-state index < -0.39 is 10.0 Å². The average molecular weight is 460 g/mol. The maximum atomic E-state index is 13.4. The molecule has 1 aliphatic heterocycles. The van der Waals surface area contributed by atoms with Crippen LogP contribution >= 0.6 is 11.8 Å². The summed E-state index contributed by atoms with van der Waals surface area (Å²) in [5, 5.41) is 0.890. The van der Waals surface area contributed by atoms with E-state index >= 15 is 0 Å². The van der Waals surface area contributed by atoms with Crippen LogP contribution in [0.15, 0.2) is 46.5 Å². The van der Waals surface area contributed by atoms with E-state index in [9.17, 15) is 12.8 Å². The van der Waals surface area contributed by atoms with Gasteiger partial charge in [0.2, 0.25) is 10.0 Å². The Morgan fingerprint density at radius 2 is 1.90 bits per heavy atom. The number of hydrogen-bond donors (Lipinski definition) is 0. The van der Waals surface area contributed by atoms with E-state index in [1.807, 2.05) is 19.1 Å². The molecule has 164 valence electrons. The zero-order valence-corrected chi connectivity index (χ0v) is 19.2. The fraction of sp³-hybridized carbons (Fsp3) is 0.435. The third-order valence-electron chi connectivity index (χ3n) is 6.19. The first-order chi connectivity index (χ1) is 14.9. The molecule has 2 aromatic carbocycles. The highest BCUT2D eigenvalue weighted by molar-refractivity contribution is 7.98. The molecule has 0 unspecified atom stereocenters. The third kappa shape index (κ3) is 4.25. The normalized spacial score (nSPS) is 17.6. The van der Waals surface area contributed by atoms with Gasteiger partial charge in [0.25, 0.3) is 0 Å². The van der Waals surface area contributed by atoms with E-state index in [2.05, 4.69) is 4.57 Å². The van der Waals surface area contributed by atoms with E-state index in [4.69, 9.17) is 4.98 Å². The van der Waals surface area contributed by atoms with E-state index in [0.717, 1.165) is 46.7 Å². The van der Waals surface area contributed by atoms with Gasteiger partial charge in [0.15, 0.2) is 5.16 Å². The fourth-order valence-corrected chi connectivity index (χ4v) is 6.77. The van der Waals surface area contributed by atoms with Crippen molar-refractivity contribution in [2.24, 2.45) is 5.92 Å². The summed E-state index contributed by atoms with van der Waals surface area (Å²) in [6, 6.07) is 10.2. The highest BCUT2D eigenvalue weighted by Crippen LogP contribution is 2.36. The number of aromatic nitrogens is 2. The van der Waals surface area contributed by atoms with Crippen molar-refractivity contribution in [2.75, 3.05) is 13.1 Å². The standard InChI is InChI=1S/C23H26FN3O2S2/c1-16-12-19(24)7-6-18(16)15-30-23-25-21-13-20(31(28,29)26-10-2-3-11-26)8-9-22(21)27(23)14-17-4-5-17/h6-9,12-13,17H,2-5,10-11,14-15H2,1H3. The number of hydrogen-bond acceptors (Lipinski definition) is 4. The van der Waals surface area contributed by atoms with Crippen LogP contribution in [0.4, 0.5) is 4.39 Å². The molecule has 1 aliphatic carbocycles. The minimum Gasteiger partial charge on any atom is -0.319 e. The van der Waals surface area contributed by atoms with Gasteiger partial charge in [0.1, 0.15) is 5.82 Å².